The highest BCUT2D eigenvalue weighted by Gasteiger charge is 2.14. The maximum atomic E-state index is 13.1. The van der Waals surface area contributed by atoms with E-state index in [1.54, 1.807) is 25.3 Å². The average molecular weight is 233 g/mol. The Bertz CT molecular complexity index is 465. The molecule has 1 aromatic rings. The summed E-state index contributed by atoms with van der Waals surface area (Å²) in [6.07, 6.45) is 5.31. The third kappa shape index (κ3) is 2.93. The number of ketones is 1. The Balaban J connectivity index is 2.08. The van der Waals surface area contributed by atoms with Gasteiger partial charge in [0.05, 0.1) is 0 Å². The number of nitrogens with one attached hydrogen (secondary N) is 1. The Morgan fingerprint density at radius 1 is 1.29 bits per heavy atom. The van der Waals surface area contributed by atoms with Crippen LogP contribution in [0, 0.1) is 12.7 Å². The van der Waals surface area contributed by atoms with Crippen molar-refractivity contribution >= 4 is 11.5 Å². The zero-order valence-electron chi connectivity index (χ0n) is 9.92. The zero-order valence-corrected chi connectivity index (χ0v) is 9.92. The first kappa shape index (κ1) is 11.8. The van der Waals surface area contributed by atoms with Gasteiger partial charge in [-0.1, -0.05) is 0 Å². The SMILES string of the molecule is Cc1cc(N/C=C2\CCCCC2=O)ccc1F. The molecule has 0 heterocycles. The fraction of sp³-hybridized carbons (Fsp3) is 0.357. The second-order valence-corrected chi connectivity index (χ2v) is 4.41. The Hall–Kier alpha value is -1.64. The first-order chi connectivity index (χ1) is 8.16. The lowest BCUT2D eigenvalue weighted by Gasteiger charge is -2.13. The molecule has 2 rings (SSSR count). The summed E-state index contributed by atoms with van der Waals surface area (Å²) >= 11 is 0. The van der Waals surface area contributed by atoms with Crippen molar-refractivity contribution in [3.05, 3.63) is 41.4 Å². The molecule has 17 heavy (non-hydrogen) atoms. The number of anilines is 1. The first-order valence-corrected chi connectivity index (χ1v) is 5.92. The minimum absolute atomic E-state index is 0.211. The summed E-state index contributed by atoms with van der Waals surface area (Å²) in [7, 11) is 0. The molecule has 0 atom stereocenters. The van der Waals surface area contributed by atoms with Crippen molar-refractivity contribution in [1.29, 1.82) is 0 Å². The van der Waals surface area contributed by atoms with Crippen LogP contribution >= 0.6 is 0 Å². The van der Waals surface area contributed by atoms with E-state index in [-0.39, 0.29) is 11.6 Å². The predicted octanol–water partition coefficient (Wildman–Crippen LogP) is 3.57. The lowest BCUT2D eigenvalue weighted by molar-refractivity contribution is -0.116. The number of benzene rings is 1. The molecule has 2 nitrogen and oxygen atoms in total. The van der Waals surface area contributed by atoms with Crippen LogP contribution < -0.4 is 5.32 Å². The maximum absolute atomic E-state index is 13.1. The molecule has 1 aliphatic rings. The number of hydrogen-bond donors (Lipinski definition) is 1. The van der Waals surface area contributed by atoms with Crippen molar-refractivity contribution < 1.29 is 9.18 Å². The van der Waals surface area contributed by atoms with Crippen molar-refractivity contribution in [2.24, 2.45) is 0 Å². The van der Waals surface area contributed by atoms with Gasteiger partial charge in [-0.05, 0) is 49.9 Å². The number of Topliss-reactive ketones (excluding diaryl/α,β-unsaturated/α-hetero) is 1. The summed E-state index contributed by atoms with van der Waals surface area (Å²) in [5.74, 6) is 0.0135. The molecule has 0 saturated heterocycles. The minimum atomic E-state index is -0.211. The molecule has 0 spiro atoms. The summed E-state index contributed by atoms with van der Waals surface area (Å²) < 4.78 is 13.1. The lowest BCUT2D eigenvalue weighted by atomic mass is 9.94. The van der Waals surface area contributed by atoms with E-state index in [4.69, 9.17) is 0 Å². The standard InChI is InChI=1S/C14H16FNO/c1-10-8-12(6-7-13(10)15)16-9-11-4-2-3-5-14(11)17/h6-9,16H,2-5H2,1H3/b11-9+. The lowest BCUT2D eigenvalue weighted by Crippen LogP contribution is -2.09. The van der Waals surface area contributed by atoms with Crippen molar-refractivity contribution in [3.8, 4) is 0 Å². The highest BCUT2D eigenvalue weighted by atomic mass is 19.1. The molecule has 0 bridgehead atoms. The smallest absolute Gasteiger partial charge is 0.160 e. The van der Waals surface area contributed by atoms with Gasteiger partial charge >= 0.3 is 0 Å². The van der Waals surface area contributed by atoms with Gasteiger partial charge in [-0.2, -0.15) is 0 Å². The topological polar surface area (TPSA) is 29.1 Å². The van der Waals surface area contributed by atoms with Crippen LogP contribution in [-0.4, -0.2) is 5.78 Å². The van der Waals surface area contributed by atoms with Crippen molar-refractivity contribution in [2.45, 2.75) is 32.6 Å². The quantitative estimate of drug-likeness (QED) is 0.791. The Morgan fingerprint density at radius 2 is 2.06 bits per heavy atom. The van der Waals surface area contributed by atoms with Crippen LogP contribution in [0.3, 0.4) is 0 Å². The predicted molar refractivity (Wildman–Crippen MR) is 66.3 cm³/mol. The van der Waals surface area contributed by atoms with Gasteiger partial charge in [0.25, 0.3) is 0 Å². The van der Waals surface area contributed by atoms with Crippen LogP contribution in [0.4, 0.5) is 10.1 Å². The van der Waals surface area contributed by atoms with Gasteiger partial charge in [-0.25, -0.2) is 4.39 Å². The second kappa shape index (κ2) is 5.13. The summed E-state index contributed by atoms with van der Waals surface area (Å²) in [6, 6.07) is 4.84. The first-order valence-electron chi connectivity index (χ1n) is 5.92. The largest absolute Gasteiger partial charge is 0.361 e. The molecule has 0 aliphatic heterocycles. The second-order valence-electron chi connectivity index (χ2n) is 4.41. The summed E-state index contributed by atoms with van der Waals surface area (Å²) in [5.41, 5.74) is 2.26. The molecule has 1 saturated carbocycles. The van der Waals surface area contributed by atoms with Gasteiger partial charge < -0.3 is 5.32 Å². The van der Waals surface area contributed by atoms with E-state index in [9.17, 15) is 9.18 Å². The molecule has 90 valence electrons. The molecule has 0 radical (unpaired) electrons. The van der Waals surface area contributed by atoms with E-state index in [0.717, 1.165) is 30.5 Å². The van der Waals surface area contributed by atoms with Crippen molar-refractivity contribution in [1.82, 2.24) is 0 Å². The molecule has 3 heteroatoms. The monoisotopic (exact) mass is 233 g/mol. The highest BCUT2D eigenvalue weighted by Crippen LogP contribution is 2.20. The van der Waals surface area contributed by atoms with Crippen molar-refractivity contribution in [3.63, 3.8) is 0 Å². The summed E-state index contributed by atoms with van der Waals surface area (Å²) in [6.45, 7) is 1.72. The maximum Gasteiger partial charge on any atom is 0.160 e. The number of rotatable bonds is 2. The van der Waals surface area contributed by atoms with E-state index >= 15 is 0 Å². The number of aryl methyl sites for hydroxylation is 1. The molecule has 0 aromatic heterocycles. The molecule has 1 aliphatic carbocycles. The van der Waals surface area contributed by atoms with Gasteiger partial charge in [0.1, 0.15) is 5.82 Å². The molecule has 1 aromatic carbocycles. The van der Waals surface area contributed by atoms with Crippen LogP contribution in [0.5, 0.6) is 0 Å². The number of allylic oxidation sites excluding steroid dienone is 1. The van der Waals surface area contributed by atoms with E-state index < -0.39 is 0 Å². The third-order valence-corrected chi connectivity index (χ3v) is 3.03. The van der Waals surface area contributed by atoms with Crippen LogP contribution in [0.1, 0.15) is 31.2 Å². The summed E-state index contributed by atoms with van der Waals surface area (Å²) in [5, 5.41) is 3.06. The molecule has 0 unspecified atom stereocenters. The van der Waals surface area contributed by atoms with E-state index in [2.05, 4.69) is 5.32 Å². The van der Waals surface area contributed by atoms with E-state index in [1.165, 1.54) is 6.07 Å². The minimum Gasteiger partial charge on any atom is -0.361 e. The molecule has 0 amide bonds. The number of carbonyl (C=O) groups excluding carboxylic acids is 1. The normalized spacial score (nSPS) is 18.5. The average Bonchev–Trinajstić information content (AvgIpc) is 2.32. The number of halogens is 1. The van der Waals surface area contributed by atoms with Gasteiger partial charge in [-0.3, -0.25) is 4.79 Å². The van der Waals surface area contributed by atoms with Gasteiger partial charge in [0.2, 0.25) is 0 Å². The van der Waals surface area contributed by atoms with Crippen LogP contribution in [0.2, 0.25) is 0 Å². The number of hydrogen-bond acceptors (Lipinski definition) is 2. The fourth-order valence-corrected chi connectivity index (χ4v) is 1.96. The molecular formula is C14H16FNO. The van der Waals surface area contributed by atoms with Gasteiger partial charge in [0.15, 0.2) is 5.78 Å². The van der Waals surface area contributed by atoms with Crippen molar-refractivity contribution in [2.75, 3.05) is 5.32 Å². The number of carbonyl (C=O) groups is 1. The molecular weight excluding hydrogens is 217 g/mol. The highest BCUT2D eigenvalue weighted by molar-refractivity contribution is 5.96. The van der Waals surface area contributed by atoms with E-state index in [0.29, 0.717) is 12.0 Å². The Morgan fingerprint density at radius 3 is 2.76 bits per heavy atom. The Kier molecular flexibility index (Phi) is 3.57. The fourth-order valence-electron chi connectivity index (χ4n) is 1.96. The van der Waals surface area contributed by atoms with Crippen LogP contribution in [0.15, 0.2) is 30.0 Å². The molecule has 1 fully saturated rings. The summed E-state index contributed by atoms with van der Waals surface area (Å²) in [4.78, 5) is 11.6. The molecule has 1 N–H and O–H groups in total. The Labute approximate surface area is 101 Å². The van der Waals surface area contributed by atoms with Gasteiger partial charge in [0, 0.05) is 23.9 Å². The zero-order chi connectivity index (χ0) is 12.3. The van der Waals surface area contributed by atoms with E-state index in [1.807, 2.05) is 0 Å². The van der Waals surface area contributed by atoms with Crippen LogP contribution in [-0.2, 0) is 4.79 Å². The third-order valence-electron chi connectivity index (χ3n) is 3.03. The van der Waals surface area contributed by atoms with Gasteiger partial charge in [-0.15, -0.1) is 0 Å². The van der Waals surface area contributed by atoms with Crippen LogP contribution in [0.25, 0.3) is 0 Å².